The number of carboxylic acids is 1. The predicted molar refractivity (Wildman–Crippen MR) is 491 cm³/mol. The van der Waals surface area contributed by atoms with Crippen molar-refractivity contribution in [3.63, 3.8) is 0 Å². The molecule has 740 valence electrons. The maximum atomic E-state index is 15.3. The van der Waals surface area contributed by atoms with E-state index in [1.807, 2.05) is 4.72 Å². The number of fused-ring (bicyclic) bond motifs is 2. The number of nitrogens with one attached hydrogen (secondary N) is 17. The summed E-state index contributed by atoms with van der Waals surface area (Å²) in [5, 5.41) is 73.3. The molecule has 0 bridgehead atoms. The van der Waals surface area contributed by atoms with E-state index in [0.29, 0.717) is 34.9 Å². The summed E-state index contributed by atoms with van der Waals surface area (Å²) in [4.78, 5) is 248. The van der Waals surface area contributed by atoms with Crippen LogP contribution in [-0.4, -0.2) is 261 Å². The van der Waals surface area contributed by atoms with Crippen LogP contribution in [-0.2, 0) is 111 Å². The summed E-state index contributed by atoms with van der Waals surface area (Å²) in [5.74, 6) is -18.1. The van der Waals surface area contributed by atoms with Crippen LogP contribution >= 0.6 is 0 Å². The molecule has 0 spiro atoms. The predicted octanol–water partition coefficient (Wildman–Crippen LogP) is -1.31. The average molecular weight is 1900 g/mol. The zero-order chi connectivity index (χ0) is 98.1. The van der Waals surface area contributed by atoms with Crippen LogP contribution in [0.25, 0.3) is 10.9 Å². The van der Waals surface area contributed by atoms with E-state index >= 15 is 14.4 Å². The maximum absolute atomic E-state index is 15.3. The van der Waals surface area contributed by atoms with E-state index in [1.54, 1.807) is 67.7 Å². The Balaban J connectivity index is 1.17. The summed E-state index contributed by atoms with van der Waals surface area (Å²) in [6, 6.07) is -2.56. The van der Waals surface area contributed by atoms with Crippen LogP contribution in [0.1, 0.15) is 230 Å². The monoisotopic (exact) mass is 1900 g/mol. The molecule has 44 nitrogen and oxygen atoms in total. The number of hydrogen-bond acceptors (Lipinski definition) is 23. The molecule has 6 rings (SSSR count). The molecule has 2 fully saturated rings. The number of nitrogens with two attached hydrogens (primary N) is 3. The van der Waals surface area contributed by atoms with E-state index in [0.717, 1.165) is 37.0 Å². The van der Waals surface area contributed by atoms with Crippen molar-refractivity contribution >= 4 is 127 Å². The van der Waals surface area contributed by atoms with Crippen molar-refractivity contribution in [1.29, 1.82) is 5.41 Å². The number of H-pyrrole nitrogens is 2. The summed E-state index contributed by atoms with van der Waals surface area (Å²) in [5.41, 5.74) is 18.8. The fourth-order valence-corrected chi connectivity index (χ4v) is 16.5. The van der Waals surface area contributed by atoms with Gasteiger partial charge in [-0.2, -0.15) is 0 Å². The number of sulfonamides is 1. The number of imidazole rings is 1. The number of nitrogens with zero attached hydrogens (tertiary/aromatic N) is 2. The molecule has 2 saturated heterocycles. The number of primary amides is 2. The molecule has 2 aromatic carbocycles. The van der Waals surface area contributed by atoms with Gasteiger partial charge < -0.3 is 117 Å². The van der Waals surface area contributed by atoms with Gasteiger partial charge in [0.25, 0.3) is 0 Å². The Kier molecular flexibility index (Phi) is 48.5. The number of hydrogen-bond donors (Lipinski definition) is 23. The lowest BCUT2D eigenvalue weighted by atomic mass is 10.0. The van der Waals surface area contributed by atoms with E-state index in [4.69, 9.17) is 22.6 Å². The Hall–Kier alpha value is -12.7. The van der Waals surface area contributed by atoms with Crippen molar-refractivity contribution in [2.24, 2.45) is 17.2 Å². The third kappa shape index (κ3) is 40.8. The van der Waals surface area contributed by atoms with Crippen LogP contribution in [0.4, 0.5) is 0 Å². The van der Waals surface area contributed by atoms with Crippen LogP contribution in [0.2, 0.25) is 0 Å². The highest BCUT2D eigenvalue weighted by Crippen LogP contribution is 2.24. The molecule has 0 radical (unpaired) electrons. The standard InChI is InChI=1S/C89H136N22O22S/c1-3-5-7-8-9-10-11-12-13-14-15-16-20-34-75(117)110-134(132,133)44-26-35-73(115)98-51-76(118)100-64(38-41-77(119)120)81(124)104-65(36-39-72(90)114)82(125)107-69(47-57-50-94-54-99-57)85(128)109-70(53-112)86(129)103-62(30-6-4-2)79(122)105-66-37-40-74(116)95-42-24-23-32-61(78(91)121)101-84(127)68(46-56-49-97-60-31-22-21-29-59(56)60)106-80(123)63(33-25-43-96-89(92)93)102-83(126)67(45-55-27-18-17-19-28-55)108-87(130)71-48-58(113)52-111(71)88(66)131/h17-19,21-22,27-29,31,49-50,54,58,61-71,97,112-113H,3-16,20,23-26,30,32-48,51-53H2,1-2H3,(H2,90,114)(H2,91,121)(H,94,99)(H,95,116)(H,98,115)(H,100,118)(H,101,127)(H,102,126)(H,103,129)(H,104,124)(H,105,122)(H,106,123)(H,107,125)(H,108,130)(H,109,128)(H,110,117)(H,119,120)(H4,92,93,96)/t58-,61+,62+,63+,64+,65-,66+,67-,68+,69+,70+,71+/m1/s1. The molecular formula is C89H136N22O22S. The van der Waals surface area contributed by atoms with E-state index in [-0.39, 0.29) is 89.4 Å². The third-order valence-electron chi connectivity index (χ3n) is 22.9. The van der Waals surface area contributed by atoms with E-state index in [9.17, 15) is 90.9 Å². The van der Waals surface area contributed by atoms with Gasteiger partial charge in [0.05, 0.1) is 37.0 Å². The first-order valence-electron chi connectivity index (χ1n) is 46.2. The van der Waals surface area contributed by atoms with Crippen molar-refractivity contribution < 1.29 is 105 Å². The summed E-state index contributed by atoms with van der Waals surface area (Å²) < 4.78 is 27.5. The number of para-hydroxylation sites is 1. The number of benzene rings is 2. The molecule has 134 heavy (non-hydrogen) atoms. The van der Waals surface area contributed by atoms with Gasteiger partial charge in [0.15, 0.2) is 5.96 Å². The number of rotatable bonds is 53. The number of guanidine groups is 1. The Labute approximate surface area is 778 Å². The summed E-state index contributed by atoms with van der Waals surface area (Å²) in [6.07, 6.45) is 12.0. The van der Waals surface area contributed by atoms with Crippen molar-refractivity contribution in [3.05, 3.63) is 90.1 Å². The number of carbonyl (C=O) groups excluding carboxylic acids is 16. The summed E-state index contributed by atoms with van der Waals surface area (Å²) in [6.45, 7) is 1.39. The van der Waals surface area contributed by atoms with Gasteiger partial charge in [-0.1, -0.05) is 152 Å². The number of aliphatic hydroxyl groups is 2. The Morgan fingerprint density at radius 2 is 1.16 bits per heavy atom. The molecule has 2 aliphatic heterocycles. The lowest BCUT2D eigenvalue weighted by molar-refractivity contribution is -0.143. The van der Waals surface area contributed by atoms with Crippen LogP contribution in [0.5, 0.6) is 0 Å². The fourth-order valence-electron chi connectivity index (χ4n) is 15.4. The smallest absolute Gasteiger partial charge is 0.303 e. The lowest BCUT2D eigenvalue weighted by Gasteiger charge is -2.31. The quantitative estimate of drug-likeness (QED) is 0.0139. The second-order valence-corrected chi connectivity index (χ2v) is 35.7. The number of aromatic amines is 2. The fraction of sp³-hybridized carbons (Fsp3) is 0.607. The van der Waals surface area contributed by atoms with Gasteiger partial charge in [0.2, 0.25) is 105 Å². The van der Waals surface area contributed by atoms with Gasteiger partial charge in [-0.15, -0.1) is 0 Å². The van der Waals surface area contributed by atoms with Gasteiger partial charge in [0, 0.05) is 101 Å². The minimum absolute atomic E-state index is 0.00370. The topological polar surface area (TPSA) is 703 Å². The largest absolute Gasteiger partial charge is 0.481 e. The first kappa shape index (κ1) is 110. The molecule has 4 heterocycles. The molecular weight excluding hydrogens is 1760 g/mol. The highest BCUT2D eigenvalue weighted by atomic mass is 32.2. The van der Waals surface area contributed by atoms with Crippen molar-refractivity contribution in [2.45, 2.75) is 305 Å². The number of carboxylic acid groups (broad SMARTS) is 1. The molecule has 4 aromatic rings. The molecule has 2 aliphatic rings. The first-order valence-corrected chi connectivity index (χ1v) is 47.9. The summed E-state index contributed by atoms with van der Waals surface area (Å²) >= 11 is 0. The number of aromatic nitrogens is 3. The average Bonchev–Trinajstić information content (AvgIpc) is 1.68. The Morgan fingerprint density at radius 1 is 0.582 bits per heavy atom. The number of carbonyl (C=O) groups is 17. The van der Waals surface area contributed by atoms with Crippen LogP contribution < -0.4 is 91.0 Å². The van der Waals surface area contributed by atoms with Crippen molar-refractivity contribution in [3.8, 4) is 0 Å². The van der Waals surface area contributed by atoms with Gasteiger partial charge in [-0.25, -0.2) is 13.4 Å². The zero-order valence-electron chi connectivity index (χ0n) is 76.3. The third-order valence-corrected chi connectivity index (χ3v) is 24.2. The maximum Gasteiger partial charge on any atom is 0.303 e. The lowest BCUT2D eigenvalue weighted by Crippen LogP contribution is -2.61. The molecule has 12 atom stereocenters. The minimum Gasteiger partial charge on any atom is -0.481 e. The number of aliphatic carboxylic acids is 1. The van der Waals surface area contributed by atoms with Crippen molar-refractivity contribution in [1.82, 2.24) is 93.7 Å². The van der Waals surface area contributed by atoms with Crippen LogP contribution in [0, 0.1) is 5.41 Å². The van der Waals surface area contributed by atoms with E-state index in [2.05, 4.69) is 91.0 Å². The van der Waals surface area contributed by atoms with E-state index < -0.39 is 272 Å². The Morgan fingerprint density at radius 3 is 1.80 bits per heavy atom. The SMILES string of the molecule is CCCCCCCCCCCCCCCC(=O)NS(=O)(=O)CCCC(=O)NCC(=O)N[C@@H](CCC(=O)O)C(=O)N[C@H](CCC(N)=O)C(=O)N[C@@H](Cc1c[nH]cn1)C(=O)N[C@@H](CO)C(=O)N[C@@H](CCCC)C(=O)N[C@H]1CCC(=O)NCCCC[C@@H](C(N)=O)NC(=O)[C@H](Cc2c[nH]c3ccccc23)NC(=O)[C@H](CCCNC(=N)N)NC(=O)[C@@H](Cc2ccccc2)NC(=O)[C@@H]2C[C@@H](O)CN2C1=O. The number of aliphatic hydroxyl groups excluding tert-OH is 2. The second-order valence-electron chi connectivity index (χ2n) is 33.8. The molecule has 0 saturated carbocycles. The van der Waals surface area contributed by atoms with E-state index in [1.165, 1.54) is 57.5 Å². The highest BCUT2D eigenvalue weighted by molar-refractivity contribution is 7.90. The van der Waals surface area contributed by atoms with Gasteiger partial charge in [-0.05, 0) is 87.8 Å². The molecule has 0 unspecified atom stereocenters. The second kappa shape index (κ2) is 59.1. The van der Waals surface area contributed by atoms with Gasteiger partial charge in [0.1, 0.15) is 66.5 Å². The molecule has 26 N–H and O–H groups in total. The molecule has 2 aromatic heterocycles. The van der Waals surface area contributed by atoms with Gasteiger partial charge >= 0.3 is 5.97 Å². The van der Waals surface area contributed by atoms with Crippen LogP contribution in [0.15, 0.2) is 73.3 Å². The molecule has 45 heteroatoms. The van der Waals surface area contributed by atoms with Crippen LogP contribution in [0.3, 0.4) is 0 Å². The van der Waals surface area contributed by atoms with Crippen molar-refractivity contribution in [2.75, 3.05) is 38.5 Å². The zero-order valence-corrected chi connectivity index (χ0v) is 77.1. The Bertz CT molecular complexity index is 4680. The number of amides is 16. The minimum atomic E-state index is -4.14. The molecule has 16 amide bonds. The summed E-state index contributed by atoms with van der Waals surface area (Å²) in [7, 11) is -4.14. The normalized spacial score (nSPS) is 19.0. The van der Waals surface area contributed by atoms with Gasteiger partial charge in [-0.3, -0.25) is 91.6 Å². The molecule has 0 aliphatic carbocycles. The number of unbranched alkanes of at least 4 members (excludes halogenated alkanes) is 13. The highest BCUT2D eigenvalue weighted by Gasteiger charge is 2.44. The first-order chi connectivity index (χ1) is 64.1.